The number of amides is 1. The predicted octanol–water partition coefficient (Wildman–Crippen LogP) is 4.22. The van der Waals surface area contributed by atoms with Crippen LogP contribution in [0, 0.1) is 17.1 Å². The lowest BCUT2D eigenvalue weighted by molar-refractivity contribution is -0.120. The first-order valence-corrected chi connectivity index (χ1v) is 12.6. The zero-order chi connectivity index (χ0) is 26.9. The van der Waals surface area contributed by atoms with E-state index >= 15 is 0 Å². The van der Waals surface area contributed by atoms with Crippen LogP contribution in [0.3, 0.4) is 0 Å². The van der Waals surface area contributed by atoms with Crippen LogP contribution in [0.25, 0.3) is 11.3 Å². The van der Waals surface area contributed by atoms with Crippen molar-refractivity contribution in [3.05, 3.63) is 72.0 Å². The van der Waals surface area contributed by atoms with Crippen LogP contribution in [0.5, 0.6) is 0 Å². The molecule has 0 atom stereocenters. The van der Waals surface area contributed by atoms with Gasteiger partial charge in [0.2, 0.25) is 5.91 Å². The average Bonchev–Trinajstić information content (AvgIpc) is 3.59. The normalized spacial score (nSPS) is 13.6. The number of aromatic nitrogens is 1. The molecule has 0 aliphatic heterocycles. The number of amidine groups is 1. The summed E-state index contributed by atoms with van der Waals surface area (Å²) < 4.78 is 13.4. The molecule has 1 aliphatic carbocycles. The van der Waals surface area contributed by atoms with Crippen molar-refractivity contribution in [1.29, 1.82) is 5.26 Å². The molecule has 9 nitrogen and oxygen atoms in total. The molecule has 11 heteroatoms. The Bertz CT molecular complexity index is 1240. The van der Waals surface area contributed by atoms with E-state index in [2.05, 4.69) is 45.3 Å². The van der Waals surface area contributed by atoms with E-state index in [1.54, 1.807) is 30.4 Å². The van der Waals surface area contributed by atoms with Gasteiger partial charge in [-0.15, -0.1) is 0 Å². The molecule has 0 saturated heterocycles. The fourth-order valence-corrected chi connectivity index (χ4v) is 4.34. The third-order valence-corrected chi connectivity index (χ3v) is 6.56. The minimum absolute atomic E-state index is 0.0968. The summed E-state index contributed by atoms with van der Waals surface area (Å²) in [4.78, 5) is 23.6. The van der Waals surface area contributed by atoms with Gasteiger partial charge in [0.05, 0.1) is 12.1 Å². The van der Waals surface area contributed by atoms with Crippen molar-refractivity contribution in [3.8, 4) is 17.3 Å². The summed E-state index contributed by atoms with van der Waals surface area (Å²) in [5.74, 6) is 0.691. The number of anilines is 1. The van der Waals surface area contributed by atoms with Crippen molar-refractivity contribution in [1.82, 2.24) is 26.1 Å². The van der Waals surface area contributed by atoms with Crippen LogP contribution in [-0.2, 0) is 4.79 Å². The number of benzene rings is 1. The summed E-state index contributed by atoms with van der Waals surface area (Å²) >= 11 is 1.22. The molecule has 1 aromatic carbocycles. The molecule has 0 unspecified atom stereocenters. The zero-order valence-corrected chi connectivity index (χ0v) is 22.0. The van der Waals surface area contributed by atoms with Crippen LogP contribution >= 0.6 is 11.3 Å². The van der Waals surface area contributed by atoms with E-state index in [4.69, 9.17) is 0 Å². The zero-order valence-electron chi connectivity index (χ0n) is 21.2. The quantitative estimate of drug-likeness (QED) is 0.218. The molecule has 1 aliphatic rings. The highest BCUT2D eigenvalue weighted by atomic mass is 32.1. The Morgan fingerprint density at radius 2 is 2.03 bits per heavy atom. The fourth-order valence-electron chi connectivity index (χ4n) is 3.48. The Balaban J connectivity index is 1.89. The Kier molecular flexibility index (Phi) is 9.40. The number of thiazole rings is 1. The van der Waals surface area contributed by atoms with E-state index in [0.717, 1.165) is 18.5 Å². The number of hydrazine groups is 1. The maximum absolute atomic E-state index is 13.4. The molecule has 3 rings (SSSR count). The lowest BCUT2D eigenvalue weighted by atomic mass is 10.1. The second-order valence-electron chi connectivity index (χ2n) is 8.30. The Labute approximate surface area is 220 Å². The van der Waals surface area contributed by atoms with E-state index in [0.29, 0.717) is 39.3 Å². The summed E-state index contributed by atoms with van der Waals surface area (Å²) in [6.45, 7) is 9.44. The predicted molar refractivity (Wildman–Crippen MR) is 146 cm³/mol. The fraction of sp³-hybridized carbons (Fsp3) is 0.308. The number of rotatable bonds is 12. The number of allylic oxidation sites excluding steroid dienone is 1. The molecule has 3 N–H and O–H groups in total. The Morgan fingerprint density at radius 3 is 2.59 bits per heavy atom. The van der Waals surface area contributed by atoms with Gasteiger partial charge >= 0.3 is 0 Å². The first-order valence-electron chi connectivity index (χ1n) is 11.8. The molecule has 0 spiro atoms. The Hall–Kier alpha value is -4.17. The van der Waals surface area contributed by atoms with Gasteiger partial charge in [-0.3, -0.25) is 15.2 Å². The molecule has 194 valence electrons. The van der Waals surface area contributed by atoms with Gasteiger partial charge in [-0.1, -0.05) is 31.4 Å². The topological polar surface area (TPSA) is 109 Å². The molecule has 37 heavy (non-hydrogen) atoms. The number of carbonyl (C=O) groups is 1. The van der Waals surface area contributed by atoms with Crippen LogP contribution in [0.2, 0.25) is 0 Å². The lowest BCUT2D eigenvalue weighted by Crippen LogP contribution is -2.43. The molecule has 1 saturated carbocycles. The van der Waals surface area contributed by atoms with Crippen LogP contribution in [0.1, 0.15) is 37.5 Å². The maximum Gasteiger partial charge on any atom is 0.227 e. The highest BCUT2D eigenvalue weighted by Gasteiger charge is 2.25. The highest BCUT2D eigenvalue weighted by Crippen LogP contribution is 2.33. The molecule has 1 aromatic heterocycles. The minimum Gasteiger partial charge on any atom is -0.353 e. The van der Waals surface area contributed by atoms with E-state index < -0.39 is 0 Å². The van der Waals surface area contributed by atoms with Gasteiger partial charge in [-0.25, -0.2) is 14.4 Å². The number of hydrogen-bond donors (Lipinski definition) is 3. The van der Waals surface area contributed by atoms with Gasteiger partial charge in [-0.05, 0) is 49.7 Å². The standard InChI is InChI=1S/C26H31FN8OS/c1-6-20(33-35(5)22(29-7-2)15-23(36)31-19-13-14-19)25(30-8-3)34(4)26-32-24(21(16-28)37-26)17-9-11-18(27)12-10-17/h7-12,19,30,33H,2-3,6,13-15H2,1,4-5H3,(H,31,36)/b25-20+,29-22?. The monoisotopic (exact) mass is 522 g/mol. The molecule has 0 bridgehead atoms. The van der Waals surface area contributed by atoms with Crippen LogP contribution in [0.4, 0.5) is 9.52 Å². The highest BCUT2D eigenvalue weighted by molar-refractivity contribution is 7.16. The van der Waals surface area contributed by atoms with Crippen molar-refractivity contribution in [2.75, 3.05) is 19.0 Å². The second kappa shape index (κ2) is 12.7. The average molecular weight is 523 g/mol. The SMILES string of the molecule is C=CN=C(CC(=O)NC1CC1)N(C)N/C(CC)=C(\NC=C)N(C)c1nc(-c2ccc(F)cc2)c(C#N)s1. The van der Waals surface area contributed by atoms with Crippen molar-refractivity contribution in [2.24, 2.45) is 4.99 Å². The number of hydrogen-bond acceptors (Lipinski definition) is 8. The Morgan fingerprint density at radius 1 is 1.32 bits per heavy atom. The van der Waals surface area contributed by atoms with Gasteiger partial charge in [-0.2, -0.15) is 5.26 Å². The second-order valence-corrected chi connectivity index (χ2v) is 9.28. The van der Waals surface area contributed by atoms with E-state index in [1.807, 2.05) is 18.9 Å². The molecule has 1 amide bonds. The van der Waals surface area contributed by atoms with Gasteiger partial charge in [0, 0.05) is 31.9 Å². The molecule has 2 aromatic rings. The molecule has 1 heterocycles. The molecular formula is C26H31FN8OS. The largest absolute Gasteiger partial charge is 0.353 e. The molecular weight excluding hydrogens is 491 g/mol. The van der Waals surface area contributed by atoms with E-state index in [-0.39, 0.29) is 24.2 Å². The van der Waals surface area contributed by atoms with Crippen molar-refractivity contribution >= 4 is 28.2 Å². The van der Waals surface area contributed by atoms with Crippen LogP contribution < -0.4 is 21.0 Å². The smallest absolute Gasteiger partial charge is 0.227 e. The van der Waals surface area contributed by atoms with Crippen molar-refractivity contribution in [2.45, 2.75) is 38.6 Å². The van der Waals surface area contributed by atoms with Gasteiger partial charge < -0.3 is 15.5 Å². The number of nitrogens with zero attached hydrogens (tertiary/aromatic N) is 5. The number of halogens is 1. The first-order chi connectivity index (χ1) is 17.8. The number of carbonyl (C=O) groups excluding carboxylic acids is 1. The van der Waals surface area contributed by atoms with Gasteiger partial charge in [0.15, 0.2) is 5.13 Å². The third-order valence-electron chi connectivity index (χ3n) is 5.53. The van der Waals surface area contributed by atoms with Crippen LogP contribution in [-0.4, -0.2) is 41.9 Å². The minimum atomic E-state index is -0.359. The number of aliphatic imine (C=N–C) groups is 1. The van der Waals surface area contributed by atoms with E-state index in [9.17, 15) is 14.4 Å². The van der Waals surface area contributed by atoms with Crippen LogP contribution in [0.15, 0.2) is 66.3 Å². The summed E-state index contributed by atoms with van der Waals surface area (Å²) in [6, 6.07) is 8.32. The van der Waals surface area contributed by atoms with E-state index in [1.165, 1.54) is 29.7 Å². The first kappa shape index (κ1) is 27.4. The van der Waals surface area contributed by atoms with Crippen molar-refractivity contribution in [3.63, 3.8) is 0 Å². The summed E-state index contributed by atoms with van der Waals surface area (Å²) in [5.41, 5.74) is 5.21. The van der Waals surface area contributed by atoms with Crippen molar-refractivity contribution < 1.29 is 9.18 Å². The summed E-state index contributed by atoms with van der Waals surface area (Å²) in [6.07, 6.45) is 5.64. The number of nitriles is 1. The molecule has 1 fully saturated rings. The third kappa shape index (κ3) is 7.17. The maximum atomic E-state index is 13.4. The summed E-state index contributed by atoms with van der Waals surface area (Å²) in [7, 11) is 3.59. The van der Waals surface area contributed by atoms with Gasteiger partial charge in [0.25, 0.3) is 0 Å². The molecule has 0 radical (unpaired) electrons. The number of nitrogens with one attached hydrogen (secondary N) is 3. The summed E-state index contributed by atoms with van der Waals surface area (Å²) in [5, 5.41) is 18.1. The van der Waals surface area contributed by atoms with Gasteiger partial charge in [0.1, 0.15) is 34.1 Å². The lowest BCUT2D eigenvalue weighted by Gasteiger charge is -2.29.